The first-order valence-electron chi connectivity index (χ1n) is 14.5. The van der Waals surface area contributed by atoms with E-state index in [9.17, 15) is 26.4 Å². The largest absolute Gasteiger partial charge is 0.337 e. The van der Waals surface area contributed by atoms with Gasteiger partial charge in [-0.25, -0.2) is 16.8 Å². The fourth-order valence-electron chi connectivity index (χ4n) is 6.10. The predicted octanol–water partition coefficient (Wildman–Crippen LogP) is 1.83. The van der Waals surface area contributed by atoms with Gasteiger partial charge in [-0.2, -0.15) is 9.03 Å². The molecule has 3 aliphatic heterocycles. The van der Waals surface area contributed by atoms with Crippen LogP contribution in [0.3, 0.4) is 0 Å². The molecule has 14 heteroatoms. The number of piperidine rings is 1. The van der Waals surface area contributed by atoms with Crippen LogP contribution < -0.4 is 4.72 Å². The molecule has 2 atom stereocenters. The molecule has 2 amide bonds. The number of benzene rings is 2. The summed E-state index contributed by atoms with van der Waals surface area (Å²) in [6, 6.07) is 9.52. The Morgan fingerprint density at radius 2 is 1.62 bits per heavy atom. The molecule has 2 aromatic carbocycles. The number of amides is 2. The topological polar surface area (TPSA) is 127 Å². The highest BCUT2D eigenvalue weighted by molar-refractivity contribution is 9.10. The number of fused-ring (bicyclic) bond motifs is 1. The Labute approximate surface area is 256 Å². The Bertz CT molecular complexity index is 1550. The number of carbonyl (C=O) groups excluding carboxylic acids is 2. The summed E-state index contributed by atoms with van der Waals surface area (Å²) in [6.07, 6.45) is 2.69. The van der Waals surface area contributed by atoms with Gasteiger partial charge in [0.25, 0.3) is 0 Å². The predicted molar refractivity (Wildman–Crippen MR) is 164 cm³/mol. The average Bonchev–Trinajstić information content (AvgIpc) is 3.43. The summed E-state index contributed by atoms with van der Waals surface area (Å²) in [7, 11) is -7.15. The van der Waals surface area contributed by atoms with Crippen molar-refractivity contribution in [3.8, 4) is 0 Å². The van der Waals surface area contributed by atoms with Gasteiger partial charge in [0.05, 0.1) is 17.2 Å². The van der Waals surface area contributed by atoms with E-state index in [0.717, 1.165) is 28.1 Å². The molecule has 3 saturated heterocycles. The Kier molecular flexibility index (Phi) is 9.60. The Morgan fingerprint density at radius 1 is 0.929 bits per heavy atom. The molecule has 3 fully saturated rings. The van der Waals surface area contributed by atoms with Gasteiger partial charge < -0.3 is 9.80 Å². The Balaban J connectivity index is 1.17. The Morgan fingerprint density at radius 3 is 2.36 bits per heavy atom. The van der Waals surface area contributed by atoms with Crippen LogP contribution in [0, 0.1) is 0 Å². The zero-order valence-electron chi connectivity index (χ0n) is 23.7. The highest BCUT2D eigenvalue weighted by Gasteiger charge is 2.37. The lowest BCUT2D eigenvalue weighted by Crippen LogP contribution is -2.56. The number of nitrogens with zero attached hydrogens (tertiary/aromatic N) is 4. The van der Waals surface area contributed by atoms with Gasteiger partial charge in [0.1, 0.15) is 6.04 Å². The van der Waals surface area contributed by atoms with Gasteiger partial charge in [0, 0.05) is 56.3 Å². The van der Waals surface area contributed by atoms with E-state index in [1.807, 2.05) is 23.1 Å². The number of hydrogen-bond donors (Lipinski definition) is 1. The minimum atomic E-state index is -3.95. The second-order valence-electron chi connectivity index (χ2n) is 11.2. The van der Waals surface area contributed by atoms with Gasteiger partial charge in [-0.1, -0.05) is 28.1 Å². The van der Waals surface area contributed by atoms with Crippen molar-refractivity contribution in [3.63, 3.8) is 0 Å². The number of hydrogen-bond acceptors (Lipinski definition) is 7. The molecular formula is C28H38BrN5O6S2. The summed E-state index contributed by atoms with van der Waals surface area (Å²) in [5.41, 5.74) is 0. The maximum atomic E-state index is 13.4. The van der Waals surface area contributed by atoms with E-state index >= 15 is 0 Å². The quantitative estimate of drug-likeness (QED) is 0.427. The minimum absolute atomic E-state index is 0.00884. The van der Waals surface area contributed by atoms with Gasteiger partial charge >= 0.3 is 0 Å². The first-order valence-corrected chi connectivity index (χ1v) is 18.4. The summed E-state index contributed by atoms with van der Waals surface area (Å²) in [5, 5.41) is 1.67. The maximum Gasteiger partial charge on any atom is 0.242 e. The highest BCUT2D eigenvalue weighted by Crippen LogP contribution is 2.25. The molecule has 11 nitrogen and oxygen atoms in total. The van der Waals surface area contributed by atoms with Crippen LogP contribution in [0.25, 0.3) is 10.8 Å². The lowest BCUT2D eigenvalue weighted by molar-refractivity contribution is -0.143. The summed E-state index contributed by atoms with van der Waals surface area (Å²) in [4.78, 5) is 32.3. The second kappa shape index (κ2) is 12.9. The SMILES string of the molecule is CCS(=O)(=O)N1CCN(C[C@@H]2CCCN2C(=O)CN2CCC[C@H](NS(=O)(=O)c3ccc4cc(Br)ccc4c3)C2=O)CC1. The first-order chi connectivity index (χ1) is 20.0. The summed E-state index contributed by atoms with van der Waals surface area (Å²) < 4.78 is 55.8. The molecule has 0 aliphatic carbocycles. The van der Waals surface area contributed by atoms with Crippen LogP contribution in [0.1, 0.15) is 32.6 Å². The van der Waals surface area contributed by atoms with Crippen molar-refractivity contribution < 1.29 is 26.4 Å². The summed E-state index contributed by atoms with van der Waals surface area (Å²) in [5.74, 6) is -0.425. The molecule has 5 rings (SSSR count). The van der Waals surface area contributed by atoms with Crippen LogP contribution >= 0.6 is 15.9 Å². The number of likely N-dealkylation sites (tertiary alicyclic amines) is 2. The number of carbonyl (C=O) groups is 2. The van der Waals surface area contributed by atoms with Crippen LogP contribution in [-0.4, -0.2) is 118 Å². The van der Waals surface area contributed by atoms with Crippen LogP contribution in [0.2, 0.25) is 0 Å². The van der Waals surface area contributed by atoms with Gasteiger partial charge in [-0.3, -0.25) is 14.5 Å². The second-order valence-corrected chi connectivity index (χ2v) is 16.1. The number of piperazine rings is 1. The van der Waals surface area contributed by atoms with Crippen molar-refractivity contribution in [2.24, 2.45) is 0 Å². The van der Waals surface area contributed by atoms with Crippen molar-refractivity contribution in [2.45, 2.75) is 49.6 Å². The van der Waals surface area contributed by atoms with Crippen molar-refractivity contribution in [1.29, 1.82) is 0 Å². The third kappa shape index (κ3) is 6.99. The molecule has 0 radical (unpaired) electrons. The molecule has 230 valence electrons. The van der Waals surface area contributed by atoms with E-state index in [1.165, 1.54) is 15.3 Å². The minimum Gasteiger partial charge on any atom is -0.337 e. The normalized spacial score (nSPS) is 23.1. The summed E-state index contributed by atoms with van der Waals surface area (Å²) in [6.45, 7) is 5.41. The highest BCUT2D eigenvalue weighted by atomic mass is 79.9. The molecule has 0 aromatic heterocycles. The number of rotatable bonds is 9. The lowest BCUT2D eigenvalue weighted by atomic mass is 10.1. The molecule has 42 heavy (non-hydrogen) atoms. The van der Waals surface area contributed by atoms with Crippen LogP contribution in [0.15, 0.2) is 45.8 Å². The van der Waals surface area contributed by atoms with Gasteiger partial charge in [0.15, 0.2) is 0 Å². The average molecular weight is 685 g/mol. The molecule has 3 heterocycles. The number of halogens is 1. The maximum absolute atomic E-state index is 13.4. The standard InChI is InChI=1S/C28H38BrN5O6S2/c1-2-41(37,38)33-15-13-31(14-16-33)19-24-5-3-12-34(24)27(35)20-32-11-4-6-26(28(32)36)30-42(39,40)25-10-8-21-17-23(29)9-7-22(21)18-25/h7-10,17-18,24,26,30H,2-6,11-16,19-20H2,1H3/t24-,26-/m0/s1. The molecule has 0 unspecified atom stereocenters. The smallest absolute Gasteiger partial charge is 0.242 e. The zero-order valence-corrected chi connectivity index (χ0v) is 27.0. The first kappa shape index (κ1) is 31.3. The lowest BCUT2D eigenvalue weighted by Gasteiger charge is -2.37. The molecule has 0 bridgehead atoms. The Hall–Kier alpha value is -2.10. The zero-order chi connectivity index (χ0) is 30.1. The van der Waals surface area contributed by atoms with Gasteiger partial charge in [-0.05, 0) is 67.6 Å². The van der Waals surface area contributed by atoms with Crippen LogP contribution in [-0.2, 0) is 29.6 Å². The molecule has 2 aromatic rings. The van der Waals surface area contributed by atoms with Crippen LogP contribution in [0.4, 0.5) is 0 Å². The van der Waals surface area contributed by atoms with E-state index in [1.54, 1.807) is 19.1 Å². The molecule has 0 spiro atoms. The molecule has 0 saturated carbocycles. The van der Waals surface area contributed by atoms with Gasteiger partial charge in [-0.15, -0.1) is 0 Å². The van der Waals surface area contributed by atoms with E-state index in [0.29, 0.717) is 58.7 Å². The fraction of sp³-hybridized carbons (Fsp3) is 0.571. The van der Waals surface area contributed by atoms with Crippen molar-refractivity contribution in [2.75, 3.05) is 58.1 Å². The monoisotopic (exact) mass is 683 g/mol. The third-order valence-electron chi connectivity index (χ3n) is 8.49. The van der Waals surface area contributed by atoms with Crippen molar-refractivity contribution in [3.05, 3.63) is 40.9 Å². The number of sulfonamides is 2. The van der Waals surface area contributed by atoms with Crippen molar-refractivity contribution >= 4 is 58.6 Å². The third-order valence-corrected chi connectivity index (χ3v) is 12.3. The van der Waals surface area contributed by atoms with E-state index in [2.05, 4.69) is 25.6 Å². The van der Waals surface area contributed by atoms with Crippen LogP contribution in [0.5, 0.6) is 0 Å². The van der Waals surface area contributed by atoms with Gasteiger partial charge in [0.2, 0.25) is 31.9 Å². The fourth-order valence-corrected chi connectivity index (χ4v) is 8.82. The summed E-state index contributed by atoms with van der Waals surface area (Å²) >= 11 is 3.42. The van der Waals surface area contributed by atoms with E-state index in [4.69, 9.17) is 0 Å². The van der Waals surface area contributed by atoms with E-state index in [-0.39, 0.29) is 35.0 Å². The molecular weight excluding hydrogens is 646 g/mol. The molecule has 1 N–H and O–H groups in total. The molecule has 3 aliphatic rings. The van der Waals surface area contributed by atoms with Crippen molar-refractivity contribution in [1.82, 2.24) is 23.7 Å². The van der Waals surface area contributed by atoms with E-state index < -0.39 is 26.1 Å². The number of nitrogens with one attached hydrogen (secondary N) is 1.